The lowest BCUT2D eigenvalue weighted by Crippen LogP contribution is -2.28. The number of carbonyl (C=O) groups is 1. The third-order valence-electron chi connectivity index (χ3n) is 3.66. The van der Waals surface area contributed by atoms with Crippen molar-refractivity contribution in [1.82, 2.24) is 5.32 Å². The molecule has 0 aromatic heterocycles. The summed E-state index contributed by atoms with van der Waals surface area (Å²) in [5, 5.41) is 11.8. The summed E-state index contributed by atoms with van der Waals surface area (Å²) in [6.45, 7) is 3.98. The highest BCUT2D eigenvalue weighted by molar-refractivity contribution is 5.77. The number of rotatable bonds is 7. The molecule has 0 bridgehead atoms. The Morgan fingerprint density at radius 1 is 1.25 bits per heavy atom. The number of hydrogen-bond acceptors (Lipinski definition) is 3. The number of halogens is 1. The minimum atomic E-state index is -0.457. The van der Waals surface area contributed by atoms with Gasteiger partial charge in [0, 0.05) is 12.1 Å². The molecule has 0 spiro atoms. The van der Waals surface area contributed by atoms with E-state index in [-0.39, 0.29) is 31.2 Å². The van der Waals surface area contributed by atoms with Crippen LogP contribution in [0.15, 0.2) is 42.5 Å². The van der Waals surface area contributed by atoms with Crippen molar-refractivity contribution in [1.29, 1.82) is 0 Å². The van der Waals surface area contributed by atoms with E-state index in [1.54, 1.807) is 6.07 Å². The largest absolute Gasteiger partial charge is 0.484 e. The quantitative estimate of drug-likeness (QED) is 0.819. The SMILES string of the molecule is CC(C)c1cccc(OCC(=O)NCc2ccc(F)c(CO)c2)c1. The average molecular weight is 331 g/mol. The monoisotopic (exact) mass is 331 g/mol. The third kappa shape index (κ3) is 5.06. The van der Waals surface area contributed by atoms with E-state index < -0.39 is 5.82 Å². The highest BCUT2D eigenvalue weighted by atomic mass is 19.1. The number of hydrogen-bond donors (Lipinski definition) is 2. The molecule has 0 saturated carbocycles. The third-order valence-corrected chi connectivity index (χ3v) is 3.66. The first-order valence-corrected chi connectivity index (χ1v) is 7.87. The summed E-state index contributed by atoms with van der Waals surface area (Å²) in [5.74, 6) is 0.322. The van der Waals surface area contributed by atoms with Crippen LogP contribution in [0.3, 0.4) is 0 Å². The van der Waals surface area contributed by atoms with Crippen LogP contribution in [-0.2, 0) is 17.9 Å². The Morgan fingerprint density at radius 2 is 2.04 bits per heavy atom. The number of carbonyl (C=O) groups excluding carboxylic acids is 1. The zero-order valence-electron chi connectivity index (χ0n) is 13.9. The topological polar surface area (TPSA) is 58.6 Å². The van der Waals surface area contributed by atoms with Gasteiger partial charge in [-0.05, 0) is 41.3 Å². The Balaban J connectivity index is 1.84. The minimum absolute atomic E-state index is 0.0877. The smallest absolute Gasteiger partial charge is 0.258 e. The molecule has 0 aliphatic carbocycles. The summed E-state index contributed by atoms with van der Waals surface area (Å²) in [7, 11) is 0. The summed E-state index contributed by atoms with van der Waals surface area (Å²) in [6.07, 6.45) is 0. The van der Waals surface area contributed by atoms with E-state index in [0.29, 0.717) is 11.7 Å². The van der Waals surface area contributed by atoms with E-state index in [2.05, 4.69) is 19.2 Å². The van der Waals surface area contributed by atoms with Crippen LogP contribution in [0.25, 0.3) is 0 Å². The molecule has 2 N–H and O–H groups in total. The van der Waals surface area contributed by atoms with Gasteiger partial charge < -0.3 is 15.2 Å². The molecule has 0 atom stereocenters. The number of nitrogens with one attached hydrogen (secondary N) is 1. The van der Waals surface area contributed by atoms with Gasteiger partial charge in [0.25, 0.3) is 5.91 Å². The second-order valence-corrected chi connectivity index (χ2v) is 5.88. The Labute approximate surface area is 141 Å². The number of amides is 1. The lowest BCUT2D eigenvalue weighted by Gasteiger charge is -2.11. The maximum absolute atomic E-state index is 13.3. The zero-order valence-corrected chi connectivity index (χ0v) is 13.9. The van der Waals surface area contributed by atoms with Gasteiger partial charge in [-0.2, -0.15) is 0 Å². The van der Waals surface area contributed by atoms with E-state index in [9.17, 15) is 9.18 Å². The first-order chi connectivity index (χ1) is 11.5. The maximum Gasteiger partial charge on any atom is 0.258 e. The van der Waals surface area contributed by atoms with E-state index in [1.165, 1.54) is 12.1 Å². The second-order valence-electron chi connectivity index (χ2n) is 5.88. The summed E-state index contributed by atoms with van der Waals surface area (Å²) >= 11 is 0. The summed E-state index contributed by atoms with van der Waals surface area (Å²) < 4.78 is 18.8. The molecule has 0 heterocycles. The number of ether oxygens (including phenoxy) is 1. The second kappa shape index (κ2) is 8.45. The van der Waals surface area contributed by atoms with Crippen molar-refractivity contribution in [3.63, 3.8) is 0 Å². The average Bonchev–Trinajstić information content (AvgIpc) is 2.59. The molecule has 0 aliphatic heterocycles. The van der Waals surface area contributed by atoms with E-state index >= 15 is 0 Å². The van der Waals surface area contributed by atoms with Crippen LogP contribution in [0.1, 0.15) is 36.5 Å². The van der Waals surface area contributed by atoms with Crippen LogP contribution < -0.4 is 10.1 Å². The molecule has 2 aromatic rings. The van der Waals surface area contributed by atoms with Crippen LogP contribution >= 0.6 is 0 Å². The zero-order chi connectivity index (χ0) is 17.5. The van der Waals surface area contributed by atoms with Gasteiger partial charge in [0.05, 0.1) is 6.61 Å². The van der Waals surface area contributed by atoms with Crippen molar-refractivity contribution in [2.24, 2.45) is 0 Å². The molecule has 0 aliphatic rings. The standard InChI is InChI=1S/C19H22FNO3/c1-13(2)15-4-3-5-17(9-15)24-12-19(23)21-10-14-6-7-18(20)16(8-14)11-22/h3-9,13,22H,10-12H2,1-2H3,(H,21,23). The van der Waals surface area contributed by atoms with Gasteiger partial charge in [0.15, 0.2) is 6.61 Å². The highest BCUT2D eigenvalue weighted by Gasteiger charge is 2.07. The Morgan fingerprint density at radius 3 is 2.75 bits per heavy atom. The fourth-order valence-electron chi connectivity index (χ4n) is 2.22. The van der Waals surface area contributed by atoms with Gasteiger partial charge in [-0.15, -0.1) is 0 Å². The van der Waals surface area contributed by atoms with Crippen LogP contribution in [0, 0.1) is 5.82 Å². The molecular weight excluding hydrogens is 309 g/mol. The summed E-state index contributed by atoms with van der Waals surface area (Å²) in [5.41, 5.74) is 2.08. The van der Waals surface area contributed by atoms with Gasteiger partial charge in [-0.3, -0.25) is 4.79 Å². The predicted molar refractivity (Wildman–Crippen MR) is 90.2 cm³/mol. The van der Waals surface area contributed by atoms with E-state index in [4.69, 9.17) is 9.84 Å². The van der Waals surface area contributed by atoms with E-state index in [1.807, 2.05) is 24.3 Å². The molecular formula is C19H22FNO3. The molecule has 128 valence electrons. The first-order valence-electron chi connectivity index (χ1n) is 7.87. The van der Waals surface area contributed by atoms with Crippen LogP contribution in [-0.4, -0.2) is 17.6 Å². The van der Waals surface area contributed by atoms with Crippen LogP contribution in [0.4, 0.5) is 4.39 Å². The fraction of sp³-hybridized carbons (Fsp3) is 0.316. The number of aliphatic hydroxyl groups excluding tert-OH is 1. The molecule has 4 nitrogen and oxygen atoms in total. The molecule has 0 saturated heterocycles. The lowest BCUT2D eigenvalue weighted by molar-refractivity contribution is -0.123. The molecule has 1 amide bonds. The van der Waals surface area contributed by atoms with Gasteiger partial charge in [0.1, 0.15) is 11.6 Å². The van der Waals surface area contributed by atoms with Gasteiger partial charge in [-0.1, -0.05) is 32.0 Å². The molecule has 2 aromatic carbocycles. The van der Waals surface area contributed by atoms with Crippen molar-refractivity contribution < 1.29 is 19.0 Å². The Bertz CT molecular complexity index is 701. The molecule has 0 fully saturated rings. The van der Waals surface area contributed by atoms with Gasteiger partial charge in [-0.25, -0.2) is 4.39 Å². The van der Waals surface area contributed by atoms with Crippen molar-refractivity contribution in [3.8, 4) is 5.75 Å². The number of benzene rings is 2. The normalized spacial score (nSPS) is 10.7. The van der Waals surface area contributed by atoms with Crippen molar-refractivity contribution in [2.75, 3.05) is 6.61 Å². The van der Waals surface area contributed by atoms with Crippen molar-refractivity contribution >= 4 is 5.91 Å². The predicted octanol–water partition coefficient (Wildman–Crippen LogP) is 3.14. The summed E-state index contributed by atoms with van der Waals surface area (Å²) in [6, 6.07) is 12.0. The molecule has 5 heteroatoms. The molecule has 0 radical (unpaired) electrons. The van der Waals surface area contributed by atoms with E-state index in [0.717, 1.165) is 11.1 Å². The maximum atomic E-state index is 13.3. The summed E-state index contributed by atoms with van der Waals surface area (Å²) in [4.78, 5) is 11.9. The fourth-order valence-corrected chi connectivity index (χ4v) is 2.22. The lowest BCUT2D eigenvalue weighted by atomic mass is 10.0. The van der Waals surface area contributed by atoms with Crippen LogP contribution in [0.5, 0.6) is 5.75 Å². The van der Waals surface area contributed by atoms with Crippen molar-refractivity contribution in [3.05, 3.63) is 65.0 Å². The minimum Gasteiger partial charge on any atom is -0.484 e. The molecule has 0 unspecified atom stereocenters. The highest BCUT2D eigenvalue weighted by Crippen LogP contribution is 2.20. The van der Waals surface area contributed by atoms with Crippen LogP contribution in [0.2, 0.25) is 0 Å². The molecule has 24 heavy (non-hydrogen) atoms. The van der Waals surface area contributed by atoms with Gasteiger partial charge in [0.2, 0.25) is 0 Å². The first kappa shape index (κ1) is 17.9. The van der Waals surface area contributed by atoms with Crippen molar-refractivity contribution in [2.45, 2.75) is 32.9 Å². The Kier molecular flexibility index (Phi) is 6.32. The van der Waals surface area contributed by atoms with Gasteiger partial charge >= 0.3 is 0 Å². The Hall–Kier alpha value is -2.40. The number of aliphatic hydroxyl groups is 1. The molecule has 2 rings (SSSR count).